The first kappa shape index (κ1) is 17.8. The van der Waals surface area contributed by atoms with E-state index >= 15 is 0 Å². The summed E-state index contributed by atoms with van der Waals surface area (Å²) < 4.78 is 30.8. The Morgan fingerprint density at radius 1 is 0.931 bits per heavy atom. The molecule has 2 aliphatic rings. The molecule has 29 heavy (non-hydrogen) atoms. The van der Waals surface area contributed by atoms with Crippen molar-refractivity contribution < 1.29 is 18.6 Å². The maximum Gasteiger partial charge on any atom is 0.231 e. The molecule has 0 N–H and O–H groups in total. The summed E-state index contributed by atoms with van der Waals surface area (Å²) in [6.45, 7) is 0.291. The Kier molecular flexibility index (Phi) is 4.47. The second-order valence-electron chi connectivity index (χ2n) is 7.51. The molecule has 1 heterocycles. The molecule has 0 spiro atoms. The molecule has 1 fully saturated rings. The van der Waals surface area contributed by atoms with E-state index in [2.05, 4.69) is 24.3 Å². The van der Waals surface area contributed by atoms with Crippen LogP contribution in [-0.4, -0.2) is 6.79 Å². The zero-order valence-electron chi connectivity index (χ0n) is 15.9. The number of para-hydroxylation sites is 1. The van der Waals surface area contributed by atoms with Gasteiger partial charge in [-0.05, 0) is 66.8 Å². The van der Waals surface area contributed by atoms with Gasteiger partial charge in [0.2, 0.25) is 6.79 Å². The van der Waals surface area contributed by atoms with Crippen molar-refractivity contribution in [2.24, 2.45) is 0 Å². The minimum atomic E-state index is -0.361. The minimum absolute atomic E-state index is 0.0738. The minimum Gasteiger partial charge on any atom is -0.454 e. The lowest BCUT2D eigenvalue weighted by molar-refractivity contribution is 0.174. The molecule has 5 rings (SSSR count). The van der Waals surface area contributed by atoms with Gasteiger partial charge >= 0.3 is 0 Å². The van der Waals surface area contributed by atoms with Crippen molar-refractivity contribution in [3.63, 3.8) is 0 Å². The summed E-state index contributed by atoms with van der Waals surface area (Å²) in [5, 5.41) is 0. The molecule has 0 saturated heterocycles. The summed E-state index contributed by atoms with van der Waals surface area (Å²) in [5.74, 6) is 2.15. The lowest BCUT2D eigenvalue weighted by Gasteiger charge is -2.12. The molecule has 0 amide bonds. The quantitative estimate of drug-likeness (QED) is 0.472. The predicted octanol–water partition coefficient (Wildman–Crippen LogP) is 6.18. The zero-order chi connectivity index (χ0) is 19.7. The van der Waals surface area contributed by atoms with E-state index in [0.717, 1.165) is 36.3 Å². The van der Waals surface area contributed by atoms with Crippen molar-refractivity contribution >= 4 is 0 Å². The summed E-state index contributed by atoms with van der Waals surface area (Å²) in [6, 6.07) is 20.5. The zero-order valence-corrected chi connectivity index (χ0v) is 15.9. The van der Waals surface area contributed by atoms with Crippen LogP contribution in [-0.2, 0) is 11.8 Å². The Bertz CT molecular complexity index is 1050. The van der Waals surface area contributed by atoms with Crippen molar-refractivity contribution in [2.45, 2.75) is 24.7 Å². The Balaban J connectivity index is 1.30. The van der Waals surface area contributed by atoms with Crippen LogP contribution in [0.5, 0.6) is 23.0 Å². The average Bonchev–Trinajstić information content (AvgIpc) is 3.38. The molecule has 1 saturated carbocycles. The van der Waals surface area contributed by atoms with E-state index in [-0.39, 0.29) is 17.0 Å². The highest BCUT2D eigenvalue weighted by molar-refractivity contribution is 5.50. The maximum atomic E-state index is 14.1. The SMILES string of the molecule is Fc1ccc(CC=CC2(c3ccc4c(c3)OCO4)CC2)cc1Oc1ccccc1. The summed E-state index contributed by atoms with van der Waals surface area (Å²) in [6.07, 6.45) is 7.39. The molecule has 1 aliphatic carbocycles. The van der Waals surface area contributed by atoms with Crippen molar-refractivity contribution in [3.05, 3.63) is 95.8 Å². The molecule has 3 nitrogen and oxygen atoms in total. The summed E-state index contributed by atoms with van der Waals surface area (Å²) in [5.41, 5.74) is 2.34. The Morgan fingerprint density at radius 2 is 1.76 bits per heavy atom. The third kappa shape index (κ3) is 3.70. The molecular weight excluding hydrogens is 367 g/mol. The van der Waals surface area contributed by atoms with Gasteiger partial charge in [0.15, 0.2) is 23.1 Å². The van der Waals surface area contributed by atoms with E-state index in [1.807, 2.05) is 36.4 Å². The first-order chi connectivity index (χ1) is 14.2. The van der Waals surface area contributed by atoms with Crippen LogP contribution in [0.2, 0.25) is 0 Å². The van der Waals surface area contributed by atoms with Crippen molar-refractivity contribution in [1.29, 1.82) is 0 Å². The fourth-order valence-electron chi connectivity index (χ4n) is 3.68. The van der Waals surface area contributed by atoms with E-state index in [9.17, 15) is 4.39 Å². The first-order valence-corrected chi connectivity index (χ1v) is 9.81. The van der Waals surface area contributed by atoms with Crippen molar-refractivity contribution in [1.82, 2.24) is 0 Å². The number of rotatable bonds is 6. The number of allylic oxidation sites excluding steroid dienone is 2. The van der Waals surface area contributed by atoms with Crippen LogP contribution in [0.25, 0.3) is 0 Å². The number of fused-ring (bicyclic) bond motifs is 1. The maximum absolute atomic E-state index is 14.1. The van der Waals surface area contributed by atoms with E-state index in [1.165, 1.54) is 11.6 Å². The Hall–Kier alpha value is -3.27. The molecule has 0 aromatic heterocycles. The third-order valence-corrected chi connectivity index (χ3v) is 5.49. The van der Waals surface area contributed by atoms with Gasteiger partial charge in [-0.1, -0.05) is 42.5 Å². The van der Waals surface area contributed by atoms with Crippen LogP contribution in [0.4, 0.5) is 4.39 Å². The van der Waals surface area contributed by atoms with Gasteiger partial charge in [0, 0.05) is 5.41 Å². The van der Waals surface area contributed by atoms with Gasteiger partial charge in [-0.15, -0.1) is 0 Å². The fourth-order valence-corrected chi connectivity index (χ4v) is 3.68. The average molecular weight is 388 g/mol. The molecule has 146 valence electrons. The molecule has 3 aromatic rings. The monoisotopic (exact) mass is 388 g/mol. The number of halogens is 1. The van der Waals surface area contributed by atoms with Gasteiger partial charge in [-0.25, -0.2) is 4.39 Å². The van der Waals surface area contributed by atoms with E-state index < -0.39 is 0 Å². The van der Waals surface area contributed by atoms with Crippen LogP contribution in [0.15, 0.2) is 78.9 Å². The van der Waals surface area contributed by atoms with Crippen LogP contribution in [0.1, 0.15) is 24.0 Å². The Morgan fingerprint density at radius 3 is 2.59 bits per heavy atom. The highest BCUT2D eigenvalue weighted by atomic mass is 19.1. The second kappa shape index (κ2) is 7.28. The fraction of sp³-hybridized carbons (Fsp3) is 0.200. The highest BCUT2D eigenvalue weighted by Crippen LogP contribution is 2.51. The standard InChI is InChI=1S/C25H21FO3/c26-21-10-8-18(15-23(21)29-20-6-2-1-3-7-20)5-4-12-25(13-14-25)19-9-11-22-24(16-19)28-17-27-22/h1-4,6-12,15-16H,5,13-14,17H2. The van der Waals surface area contributed by atoms with Gasteiger partial charge in [0.1, 0.15) is 5.75 Å². The van der Waals surface area contributed by atoms with E-state index in [4.69, 9.17) is 14.2 Å². The largest absolute Gasteiger partial charge is 0.454 e. The molecular formula is C25H21FO3. The number of hydrogen-bond acceptors (Lipinski definition) is 3. The molecule has 0 atom stereocenters. The van der Waals surface area contributed by atoms with Crippen LogP contribution < -0.4 is 14.2 Å². The molecule has 0 bridgehead atoms. The molecule has 0 radical (unpaired) electrons. The highest BCUT2D eigenvalue weighted by Gasteiger charge is 2.42. The van der Waals surface area contributed by atoms with Crippen LogP contribution in [0, 0.1) is 5.82 Å². The first-order valence-electron chi connectivity index (χ1n) is 9.81. The second-order valence-corrected chi connectivity index (χ2v) is 7.51. The normalized spacial score (nSPS) is 16.2. The molecule has 3 aromatic carbocycles. The number of hydrogen-bond donors (Lipinski definition) is 0. The summed E-state index contributed by atoms with van der Waals surface area (Å²) >= 11 is 0. The van der Waals surface area contributed by atoms with E-state index in [1.54, 1.807) is 12.1 Å². The van der Waals surface area contributed by atoms with Crippen LogP contribution >= 0.6 is 0 Å². The third-order valence-electron chi connectivity index (χ3n) is 5.49. The van der Waals surface area contributed by atoms with Gasteiger partial charge < -0.3 is 14.2 Å². The summed E-state index contributed by atoms with van der Waals surface area (Å²) in [7, 11) is 0. The van der Waals surface area contributed by atoms with Gasteiger partial charge in [-0.2, -0.15) is 0 Å². The number of ether oxygens (including phenoxy) is 3. The van der Waals surface area contributed by atoms with Gasteiger partial charge in [-0.3, -0.25) is 0 Å². The van der Waals surface area contributed by atoms with Crippen LogP contribution in [0.3, 0.4) is 0 Å². The van der Waals surface area contributed by atoms with Crippen molar-refractivity contribution in [3.8, 4) is 23.0 Å². The predicted molar refractivity (Wildman–Crippen MR) is 109 cm³/mol. The lowest BCUT2D eigenvalue weighted by Crippen LogP contribution is -2.02. The van der Waals surface area contributed by atoms with Crippen molar-refractivity contribution in [2.75, 3.05) is 6.79 Å². The lowest BCUT2D eigenvalue weighted by atomic mass is 9.94. The number of benzene rings is 3. The smallest absolute Gasteiger partial charge is 0.231 e. The van der Waals surface area contributed by atoms with E-state index in [0.29, 0.717) is 12.5 Å². The van der Waals surface area contributed by atoms with Gasteiger partial charge in [0.25, 0.3) is 0 Å². The molecule has 4 heteroatoms. The Labute approximate surface area is 169 Å². The molecule has 0 unspecified atom stereocenters. The topological polar surface area (TPSA) is 27.7 Å². The summed E-state index contributed by atoms with van der Waals surface area (Å²) in [4.78, 5) is 0. The van der Waals surface area contributed by atoms with Gasteiger partial charge in [0.05, 0.1) is 0 Å². The molecule has 1 aliphatic heterocycles.